The van der Waals surface area contributed by atoms with E-state index in [9.17, 15) is 10.5 Å². The van der Waals surface area contributed by atoms with Crippen molar-refractivity contribution in [2.24, 2.45) is 0 Å². The number of halogens is 2. The number of fused-ring (bicyclic) bond motifs is 6. The standard InChI is InChI=1S/C26H11I2N3/c27-18-1-3-24-20(10-18)22-8-17(16-6-14(12-29)5-15(7-16)13-30)9-23-21-11-19(28)2-4-25(21)31(24)26(22)23/h1-11H. The Balaban J connectivity index is 1.83. The number of rotatable bonds is 1. The lowest BCUT2D eigenvalue weighted by Gasteiger charge is -2.06. The SMILES string of the molecule is N#Cc1cc(C#N)cc(-c2cc3c4cc(I)ccc4n4c5ccc(I)cc5c(c2)c34)c1. The van der Waals surface area contributed by atoms with Crippen molar-refractivity contribution in [3.63, 3.8) is 0 Å². The summed E-state index contributed by atoms with van der Waals surface area (Å²) in [6.45, 7) is 0. The number of benzene rings is 4. The first kappa shape index (κ1) is 18.9. The van der Waals surface area contributed by atoms with Crippen LogP contribution < -0.4 is 0 Å². The molecule has 4 aromatic carbocycles. The minimum absolute atomic E-state index is 0.498. The van der Waals surface area contributed by atoms with Gasteiger partial charge in [-0.1, -0.05) is 0 Å². The maximum Gasteiger partial charge on any atom is 0.0992 e. The molecule has 0 saturated carbocycles. The molecule has 31 heavy (non-hydrogen) atoms. The second-order valence-electron chi connectivity index (χ2n) is 7.60. The molecule has 0 amide bonds. The summed E-state index contributed by atoms with van der Waals surface area (Å²) in [6, 6.07) is 27.3. The van der Waals surface area contributed by atoms with Gasteiger partial charge in [0.15, 0.2) is 0 Å². The van der Waals surface area contributed by atoms with Crippen molar-refractivity contribution in [2.75, 3.05) is 0 Å². The van der Waals surface area contributed by atoms with Gasteiger partial charge in [0.05, 0.1) is 39.8 Å². The van der Waals surface area contributed by atoms with Crippen molar-refractivity contribution >= 4 is 83.3 Å². The van der Waals surface area contributed by atoms with E-state index in [-0.39, 0.29) is 0 Å². The van der Waals surface area contributed by atoms with Crippen LogP contribution in [0.4, 0.5) is 0 Å². The van der Waals surface area contributed by atoms with Crippen molar-refractivity contribution in [3.8, 4) is 23.3 Å². The van der Waals surface area contributed by atoms with Gasteiger partial charge in [-0.15, -0.1) is 0 Å². The Labute approximate surface area is 205 Å². The van der Waals surface area contributed by atoms with Crippen LogP contribution in [0, 0.1) is 29.8 Å². The van der Waals surface area contributed by atoms with Gasteiger partial charge in [0.25, 0.3) is 0 Å². The summed E-state index contributed by atoms with van der Waals surface area (Å²) in [7, 11) is 0. The molecule has 0 fully saturated rings. The van der Waals surface area contributed by atoms with Crippen LogP contribution in [0.2, 0.25) is 0 Å². The van der Waals surface area contributed by atoms with Crippen molar-refractivity contribution in [1.82, 2.24) is 4.40 Å². The summed E-state index contributed by atoms with van der Waals surface area (Å²) in [5.74, 6) is 0. The van der Waals surface area contributed by atoms with Gasteiger partial charge in [0, 0.05) is 28.7 Å². The maximum atomic E-state index is 9.44. The zero-order valence-electron chi connectivity index (χ0n) is 15.9. The van der Waals surface area contributed by atoms with E-state index in [4.69, 9.17) is 0 Å². The van der Waals surface area contributed by atoms with Crippen molar-refractivity contribution in [1.29, 1.82) is 10.5 Å². The predicted molar refractivity (Wildman–Crippen MR) is 141 cm³/mol. The quantitative estimate of drug-likeness (QED) is 0.180. The number of nitrogens with zero attached hydrogens (tertiary/aromatic N) is 3. The highest BCUT2D eigenvalue weighted by Crippen LogP contribution is 2.42. The highest BCUT2D eigenvalue weighted by atomic mass is 127. The number of hydrogen-bond donors (Lipinski definition) is 0. The normalized spacial score (nSPS) is 11.5. The third-order valence-corrected chi connectivity index (χ3v) is 7.18. The molecule has 6 rings (SSSR count). The Hall–Kier alpha value is -2.88. The van der Waals surface area contributed by atoms with Gasteiger partial charge in [-0.25, -0.2) is 0 Å². The molecular weight excluding hydrogens is 608 g/mol. The monoisotopic (exact) mass is 619 g/mol. The van der Waals surface area contributed by atoms with Gasteiger partial charge in [0.1, 0.15) is 0 Å². The van der Waals surface area contributed by atoms with Crippen LogP contribution in [-0.2, 0) is 0 Å². The predicted octanol–water partition coefficient (Wildman–Crippen LogP) is 7.46. The second kappa shape index (κ2) is 6.81. The van der Waals surface area contributed by atoms with Crippen LogP contribution in [-0.4, -0.2) is 4.40 Å². The third kappa shape index (κ3) is 2.73. The van der Waals surface area contributed by atoms with Crippen LogP contribution >= 0.6 is 45.2 Å². The average molecular weight is 619 g/mol. The summed E-state index contributed by atoms with van der Waals surface area (Å²) in [5.41, 5.74) is 6.50. The molecule has 144 valence electrons. The molecule has 0 bridgehead atoms. The van der Waals surface area contributed by atoms with Gasteiger partial charge in [-0.2, -0.15) is 10.5 Å². The van der Waals surface area contributed by atoms with Gasteiger partial charge in [-0.05, 0) is 123 Å². The average Bonchev–Trinajstić information content (AvgIpc) is 3.28. The Morgan fingerprint density at radius 3 is 1.55 bits per heavy atom. The molecule has 0 saturated heterocycles. The highest BCUT2D eigenvalue weighted by Gasteiger charge is 2.19. The summed E-state index contributed by atoms with van der Waals surface area (Å²) < 4.78 is 4.74. The van der Waals surface area contributed by atoms with E-state index in [1.165, 1.54) is 45.2 Å². The molecule has 0 N–H and O–H groups in total. The lowest BCUT2D eigenvalue weighted by Crippen LogP contribution is -1.85. The number of aromatic nitrogens is 1. The molecule has 0 aliphatic carbocycles. The first-order valence-electron chi connectivity index (χ1n) is 9.61. The van der Waals surface area contributed by atoms with Gasteiger partial charge in [-0.3, -0.25) is 0 Å². The van der Waals surface area contributed by atoms with Gasteiger partial charge in [0.2, 0.25) is 0 Å². The fourth-order valence-corrected chi connectivity index (χ4v) is 5.57. The van der Waals surface area contributed by atoms with Crippen LogP contribution in [0.15, 0.2) is 66.7 Å². The topological polar surface area (TPSA) is 52.0 Å². The van der Waals surface area contributed by atoms with E-state index in [0.717, 1.165) is 11.1 Å². The zero-order chi connectivity index (χ0) is 21.3. The lowest BCUT2D eigenvalue weighted by atomic mass is 9.97. The van der Waals surface area contributed by atoms with E-state index >= 15 is 0 Å². The van der Waals surface area contributed by atoms with Crippen LogP contribution in [0.5, 0.6) is 0 Å². The molecule has 0 aliphatic rings. The third-order valence-electron chi connectivity index (χ3n) is 5.84. The van der Waals surface area contributed by atoms with Crippen molar-refractivity contribution in [3.05, 3.63) is 85.0 Å². The highest BCUT2D eigenvalue weighted by molar-refractivity contribution is 14.1. The Morgan fingerprint density at radius 1 is 0.581 bits per heavy atom. The fraction of sp³-hybridized carbons (Fsp3) is 0. The van der Waals surface area contributed by atoms with Gasteiger partial charge < -0.3 is 4.40 Å². The summed E-state index contributed by atoms with van der Waals surface area (Å²) in [4.78, 5) is 0. The molecular formula is C26H11I2N3. The number of nitriles is 2. The largest absolute Gasteiger partial charge is 0.308 e. The molecule has 0 aliphatic heterocycles. The van der Waals surface area contributed by atoms with E-state index in [1.807, 2.05) is 12.1 Å². The van der Waals surface area contributed by atoms with Crippen LogP contribution in [0.25, 0.3) is 49.2 Å². The molecule has 2 heterocycles. The molecule has 3 nitrogen and oxygen atoms in total. The maximum absolute atomic E-state index is 9.44. The molecule has 5 heteroatoms. The van der Waals surface area contributed by atoms with Gasteiger partial charge >= 0.3 is 0 Å². The van der Waals surface area contributed by atoms with Crippen molar-refractivity contribution in [2.45, 2.75) is 0 Å². The van der Waals surface area contributed by atoms with E-state index in [1.54, 1.807) is 6.07 Å². The van der Waals surface area contributed by atoms with E-state index in [0.29, 0.717) is 11.1 Å². The van der Waals surface area contributed by atoms with Crippen LogP contribution in [0.1, 0.15) is 11.1 Å². The zero-order valence-corrected chi connectivity index (χ0v) is 20.3. The van der Waals surface area contributed by atoms with Crippen molar-refractivity contribution < 1.29 is 0 Å². The van der Waals surface area contributed by atoms with Crippen LogP contribution in [0.3, 0.4) is 0 Å². The molecule has 2 aromatic heterocycles. The smallest absolute Gasteiger partial charge is 0.0992 e. The molecule has 6 aromatic rings. The molecule has 0 spiro atoms. The minimum Gasteiger partial charge on any atom is -0.308 e. The molecule has 0 atom stereocenters. The fourth-order valence-electron chi connectivity index (χ4n) is 4.58. The van der Waals surface area contributed by atoms with E-state index in [2.05, 4.69) is 110 Å². The molecule has 0 radical (unpaired) electrons. The lowest BCUT2D eigenvalue weighted by molar-refractivity contribution is 1.37. The summed E-state index contributed by atoms with van der Waals surface area (Å²) in [5, 5.41) is 23.7. The Kier molecular flexibility index (Phi) is 4.14. The second-order valence-corrected chi connectivity index (χ2v) is 10.1. The summed E-state index contributed by atoms with van der Waals surface area (Å²) >= 11 is 4.71. The Bertz CT molecular complexity index is 1660. The summed E-state index contributed by atoms with van der Waals surface area (Å²) in [6.07, 6.45) is 0. The number of hydrogen-bond acceptors (Lipinski definition) is 2. The minimum atomic E-state index is 0.498. The first-order valence-corrected chi connectivity index (χ1v) is 11.8. The Morgan fingerprint density at radius 2 is 1.06 bits per heavy atom. The molecule has 0 unspecified atom stereocenters. The first-order chi connectivity index (χ1) is 15.1. The van der Waals surface area contributed by atoms with E-state index < -0.39 is 0 Å².